The zero-order valence-electron chi connectivity index (χ0n) is 12.0. The number of anilines is 1. The molecule has 2 fully saturated rings. The Hall–Kier alpha value is -0.650. The first-order chi connectivity index (χ1) is 9.10. The highest BCUT2D eigenvalue weighted by Gasteiger charge is 2.32. The number of likely N-dealkylation sites (N-methyl/N-ethyl adjacent to an activating group) is 1. The molecule has 106 valence electrons. The van der Waals surface area contributed by atoms with Crippen molar-refractivity contribution in [1.82, 2.24) is 9.88 Å². The maximum atomic E-state index is 9.50. The van der Waals surface area contributed by atoms with E-state index in [9.17, 15) is 5.11 Å². The summed E-state index contributed by atoms with van der Waals surface area (Å²) in [5.74, 6) is 0.620. The van der Waals surface area contributed by atoms with Gasteiger partial charge in [-0.1, -0.05) is 11.3 Å². The van der Waals surface area contributed by atoms with E-state index in [-0.39, 0.29) is 6.61 Å². The Kier molecular flexibility index (Phi) is 3.53. The minimum absolute atomic E-state index is 0.141. The van der Waals surface area contributed by atoms with Crippen LogP contribution in [0.2, 0.25) is 0 Å². The Balaban J connectivity index is 1.82. The van der Waals surface area contributed by atoms with Crippen LogP contribution in [0.15, 0.2) is 0 Å². The first-order valence-corrected chi connectivity index (χ1v) is 7.99. The van der Waals surface area contributed by atoms with Crippen LogP contribution in [0.5, 0.6) is 0 Å². The first kappa shape index (κ1) is 13.3. The van der Waals surface area contributed by atoms with E-state index in [2.05, 4.69) is 30.7 Å². The zero-order chi connectivity index (χ0) is 13.6. The van der Waals surface area contributed by atoms with Crippen LogP contribution in [0.3, 0.4) is 0 Å². The third-order valence-corrected chi connectivity index (χ3v) is 5.57. The lowest BCUT2D eigenvalue weighted by atomic mass is 10.1. The number of rotatable bonds is 3. The van der Waals surface area contributed by atoms with Crippen LogP contribution in [0.4, 0.5) is 5.13 Å². The third-order valence-electron chi connectivity index (χ3n) is 4.45. The number of hydrogen-bond donors (Lipinski definition) is 1. The SMILES string of the molecule is CC1CN(c2nc(C3CC3)c(CO)s2)CC(C)N1C. The fraction of sp³-hybridized carbons (Fsp3) is 0.786. The molecule has 2 heterocycles. The molecule has 2 unspecified atom stereocenters. The molecule has 0 radical (unpaired) electrons. The molecule has 1 aliphatic carbocycles. The van der Waals surface area contributed by atoms with E-state index >= 15 is 0 Å². The Labute approximate surface area is 119 Å². The molecule has 4 nitrogen and oxygen atoms in total. The topological polar surface area (TPSA) is 39.6 Å². The molecule has 0 bridgehead atoms. The van der Waals surface area contributed by atoms with Crippen molar-refractivity contribution in [3.05, 3.63) is 10.6 Å². The zero-order valence-corrected chi connectivity index (χ0v) is 12.8. The number of thiazole rings is 1. The molecule has 2 aliphatic rings. The monoisotopic (exact) mass is 281 g/mol. The van der Waals surface area contributed by atoms with Crippen molar-refractivity contribution in [3.63, 3.8) is 0 Å². The summed E-state index contributed by atoms with van der Waals surface area (Å²) in [4.78, 5) is 10.7. The normalized spacial score (nSPS) is 28.9. The molecule has 5 heteroatoms. The lowest BCUT2D eigenvalue weighted by Gasteiger charge is -2.42. The number of aliphatic hydroxyl groups excluding tert-OH is 1. The Bertz CT molecular complexity index is 446. The molecule has 1 aromatic heterocycles. The van der Waals surface area contributed by atoms with Crippen LogP contribution >= 0.6 is 11.3 Å². The van der Waals surface area contributed by atoms with Gasteiger partial charge in [-0.05, 0) is 33.7 Å². The fourth-order valence-electron chi connectivity index (χ4n) is 2.84. The predicted molar refractivity (Wildman–Crippen MR) is 78.9 cm³/mol. The van der Waals surface area contributed by atoms with E-state index in [1.165, 1.54) is 18.5 Å². The Morgan fingerprint density at radius 1 is 1.26 bits per heavy atom. The van der Waals surface area contributed by atoms with Crippen molar-refractivity contribution in [3.8, 4) is 0 Å². The average molecular weight is 281 g/mol. The van der Waals surface area contributed by atoms with Gasteiger partial charge < -0.3 is 10.0 Å². The van der Waals surface area contributed by atoms with E-state index in [4.69, 9.17) is 4.98 Å². The van der Waals surface area contributed by atoms with Gasteiger partial charge in [0.05, 0.1) is 17.2 Å². The molecule has 19 heavy (non-hydrogen) atoms. The quantitative estimate of drug-likeness (QED) is 0.920. The van der Waals surface area contributed by atoms with Gasteiger partial charge in [0, 0.05) is 31.1 Å². The Morgan fingerprint density at radius 3 is 2.42 bits per heavy atom. The summed E-state index contributed by atoms with van der Waals surface area (Å²) in [5.41, 5.74) is 1.17. The summed E-state index contributed by atoms with van der Waals surface area (Å²) in [5, 5.41) is 10.6. The van der Waals surface area contributed by atoms with Crippen LogP contribution in [0.25, 0.3) is 0 Å². The van der Waals surface area contributed by atoms with Crippen LogP contribution in [0, 0.1) is 0 Å². The molecule has 1 aliphatic heterocycles. The highest BCUT2D eigenvalue weighted by Crippen LogP contribution is 2.44. The van der Waals surface area contributed by atoms with Crippen molar-refractivity contribution in [1.29, 1.82) is 0 Å². The Morgan fingerprint density at radius 2 is 1.89 bits per heavy atom. The van der Waals surface area contributed by atoms with Crippen LogP contribution in [-0.2, 0) is 6.61 Å². The fourth-order valence-corrected chi connectivity index (χ4v) is 3.86. The summed E-state index contributed by atoms with van der Waals surface area (Å²) >= 11 is 1.69. The van der Waals surface area contributed by atoms with Gasteiger partial charge in [0.25, 0.3) is 0 Å². The molecular weight excluding hydrogens is 258 g/mol. The van der Waals surface area contributed by atoms with Crippen molar-refractivity contribution < 1.29 is 5.11 Å². The van der Waals surface area contributed by atoms with Crippen molar-refractivity contribution in [2.24, 2.45) is 0 Å². The molecule has 3 rings (SSSR count). The second-order valence-corrected chi connectivity index (χ2v) is 7.07. The van der Waals surface area contributed by atoms with Crippen molar-refractivity contribution in [2.75, 3.05) is 25.0 Å². The molecule has 0 amide bonds. The smallest absolute Gasteiger partial charge is 0.185 e. The van der Waals surface area contributed by atoms with Gasteiger partial charge in [-0.15, -0.1) is 0 Å². The van der Waals surface area contributed by atoms with Gasteiger partial charge in [0.2, 0.25) is 0 Å². The standard InChI is InChI=1S/C14H23N3OS/c1-9-6-17(7-10(2)16(9)3)14-15-13(11-4-5-11)12(8-18)19-14/h9-11,18H,4-8H2,1-3H3. The summed E-state index contributed by atoms with van der Waals surface area (Å²) in [6, 6.07) is 1.10. The highest BCUT2D eigenvalue weighted by atomic mass is 32.1. The largest absolute Gasteiger partial charge is 0.391 e. The average Bonchev–Trinajstić information content (AvgIpc) is 3.14. The third kappa shape index (κ3) is 2.51. The molecule has 1 saturated carbocycles. The minimum Gasteiger partial charge on any atom is -0.391 e. The summed E-state index contributed by atoms with van der Waals surface area (Å²) in [6.45, 7) is 6.74. The molecule has 0 aromatic carbocycles. The molecule has 1 saturated heterocycles. The highest BCUT2D eigenvalue weighted by molar-refractivity contribution is 7.15. The number of hydrogen-bond acceptors (Lipinski definition) is 5. The van der Waals surface area contributed by atoms with Crippen LogP contribution in [-0.4, -0.2) is 47.2 Å². The van der Waals surface area contributed by atoms with Gasteiger partial charge in [-0.3, -0.25) is 4.90 Å². The number of piperazine rings is 1. The van der Waals surface area contributed by atoms with Crippen LogP contribution < -0.4 is 4.90 Å². The van der Waals surface area contributed by atoms with Crippen molar-refractivity contribution >= 4 is 16.5 Å². The number of nitrogens with zero attached hydrogens (tertiary/aromatic N) is 3. The van der Waals surface area contributed by atoms with Crippen LogP contribution in [0.1, 0.15) is 43.2 Å². The van der Waals surface area contributed by atoms with Gasteiger partial charge in [-0.2, -0.15) is 0 Å². The number of aromatic nitrogens is 1. The summed E-state index contributed by atoms with van der Waals surface area (Å²) < 4.78 is 0. The van der Waals surface area contributed by atoms with E-state index in [0.29, 0.717) is 18.0 Å². The lowest BCUT2D eigenvalue weighted by Crippen LogP contribution is -2.55. The van der Waals surface area contributed by atoms with Gasteiger partial charge in [-0.25, -0.2) is 4.98 Å². The number of aliphatic hydroxyl groups is 1. The van der Waals surface area contributed by atoms with E-state index < -0.39 is 0 Å². The van der Waals surface area contributed by atoms with E-state index in [1.54, 1.807) is 11.3 Å². The van der Waals surface area contributed by atoms with Crippen molar-refractivity contribution in [2.45, 2.75) is 51.3 Å². The second-order valence-electron chi connectivity index (χ2n) is 6.01. The lowest BCUT2D eigenvalue weighted by molar-refractivity contribution is 0.170. The second kappa shape index (κ2) is 5.04. The molecule has 1 aromatic rings. The predicted octanol–water partition coefficient (Wildman–Crippen LogP) is 2.04. The van der Waals surface area contributed by atoms with Gasteiger partial charge in [0.15, 0.2) is 5.13 Å². The maximum absolute atomic E-state index is 9.50. The van der Waals surface area contributed by atoms with Gasteiger partial charge in [0.1, 0.15) is 0 Å². The summed E-state index contributed by atoms with van der Waals surface area (Å²) in [7, 11) is 2.20. The van der Waals surface area contributed by atoms with Gasteiger partial charge >= 0.3 is 0 Å². The van der Waals surface area contributed by atoms with E-state index in [1.807, 2.05) is 0 Å². The first-order valence-electron chi connectivity index (χ1n) is 7.17. The molecular formula is C14H23N3OS. The van der Waals surface area contributed by atoms with E-state index in [0.717, 1.165) is 23.1 Å². The maximum Gasteiger partial charge on any atom is 0.185 e. The molecule has 1 N–H and O–H groups in total. The molecule has 0 spiro atoms. The minimum atomic E-state index is 0.141. The summed E-state index contributed by atoms with van der Waals surface area (Å²) in [6.07, 6.45) is 2.48. The molecule has 2 atom stereocenters.